The Morgan fingerprint density at radius 2 is 2.36 bits per heavy atom. The molecule has 2 N–H and O–H groups in total. The van der Waals surface area contributed by atoms with Gasteiger partial charge in [0.1, 0.15) is 0 Å². The highest BCUT2D eigenvalue weighted by Crippen LogP contribution is 2.28. The Morgan fingerprint density at radius 1 is 1.64 bits per heavy atom. The van der Waals surface area contributed by atoms with Gasteiger partial charge in [-0.3, -0.25) is 4.79 Å². The fourth-order valence-electron chi connectivity index (χ4n) is 1.99. The van der Waals surface area contributed by atoms with E-state index in [-0.39, 0.29) is 11.4 Å². The molecule has 0 aliphatic carbocycles. The summed E-state index contributed by atoms with van der Waals surface area (Å²) >= 11 is 0. The fraction of sp³-hybridized carbons (Fsp3) is 0.900. The van der Waals surface area contributed by atoms with Crippen LogP contribution in [-0.2, 0) is 9.53 Å². The fourth-order valence-corrected chi connectivity index (χ4v) is 1.99. The molecule has 82 valence electrons. The van der Waals surface area contributed by atoms with Gasteiger partial charge < -0.3 is 15.4 Å². The molecule has 1 unspecified atom stereocenters. The number of amides is 1. The van der Waals surface area contributed by atoms with Gasteiger partial charge in [-0.25, -0.2) is 0 Å². The molecule has 1 aliphatic heterocycles. The van der Waals surface area contributed by atoms with Crippen LogP contribution in [0, 0.1) is 0 Å². The Kier molecular flexibility index (Phi) is 3.89. The summed E-state index contributed by atoms with van der Waals surface area (Å²) in [6.07, 6.45) is 2.54. The maximum Gasteiger partial charge on any atom is 0.225 e. The molecule has 0 spiro atoms. The molecule has 0 aromatic heterocycles. The SMILES string of the molecule is COCCC(=O)N1CCCC1(C)CN. The Morgan fingerprint density at radius 3 is 2.93 bits per heavy atom. The van der Waals surface area contributed by atoms with Gasteiger partial charge in [0, 0.05) is 20.2 Å². The molecule has 1 rings (SSSR count). The van der Waals surface area contributed by atoms with Crippen molar-refractivity contribution in [3.63, 3.8) is 0 Å². The quantitative estimate of drug-likeness (QED) is 0.713. The summed E-state index contributed by atoms with van der Waals surface area (Å²) in [6.45, 7) is 3.95. The van der Waals surface area contributed by atoms with Crippen LogP contribution < -0.4 is 5.73 Å². The van der Waals surface area contributed by atoms with Crippen LogP contribution in [0.15, 0.2) is 0 Å². The maximum absolute atomic E-state index is 11.8. The molecule has 1 atom stereocenters. The summed E-state index contributed by atoms with van der Waals surface area (Å²) in [5, 5.41) is 0. The Hall–Kier alpha value is -0.610. The monoisotopic (exact) mass is 200 g/mol. The lowest BCUT2D eigenvalue weighted by molar-refractivity contribution is -0.135. The molecule has 1 aliphatic rings. The summed E-state index contributed by atoms with van der Waals surface area (Å²) in [4.78, 5) is 13.7. The molecular weight excluding hydrogens is 180 g/mol. The number of nitrogens with two attached hydrogens (primary N) is 1. The Balaban J connectivity index is 2.53. The molecule has 0 saturated carbocycles. The van der Waals surface area contributed by atoms with Crippen LogP contribution in [0.1, 0.15) is 26.2 Å². The largest absolute Gasteiger partial charge is 0.384 e. The van der Waals surface area contributed by atoms with Crippen LogP contribution in [0.25, 0.3) is 0 Å². The molecule has 0 aromatic carbocycles. The summed E-state index contributed by atoms with van der Waals surface area (Å²) in [5.74, 6) is 0.164. The van der Waals surface area contributed by atoms with Gasteiger partial charge in [0.25, 0.3) is 0 Å². The van der Waals surface area contributed by atoms with Gasteiger partial charge in [0.15, 0.2) is 0 Å². The molecule has 4 heteroatoms. The van der Waals surface area contributed by atoms with E-state index in [4.69, 9.17) is 10.5 Å². The lowest BCUT2D eigenvalue weighted by atomic mass is 9.99. The normalized spacial score (nSPS) is 26.9. The second kappa shape index (κ2) is 4.75. The van der Waals surface area contributed by atoms with Crippen molar-refractivity contribution in [3.8, 4) is 0 Å². The van der Waals surface area contributed by atoms with Gasteiger partial charge in [-0.05, 0) is 19.8 Å². The highest BCUT2D eigenvalue weighted by Gasteiger charge is 2.37. The predicted octanol–water partition coefficient (Wildman–Crippen LogP) is 0.363. The van der Waals surface area contributed by atoms with Crippen molar-refractivity contribution in [1.82, 2.24) is 4.90 Å². The smallest absolute Gasteiger partial charge is 0.225 e. The average molecular weight is 200 g/mol. The Labute approximate surface area is 85.4 Å². The minimum atomic E-state index is -0.120. The van der Waals surface area contributed by atoms with Crippen LogP contribution in [0.5, 0.6) is 0 Å². The lowest BCUT2D eigenvalue weighted by Gasteiger charge is -2.34. The van der Waals surface area contributed by atoms with Crippen LogP contribution in [0.3, 0.4) is 0 Å². The van der Waals surface area contributed by atoms with Crippen LogP contribution in [0.2, 0.25) is 0 Å². The summed E-state index contributed by atoms with van der Waals surface area (Å²) in [5.41, 5.74) is 5.58. The summed E-state index contributed by atoms with van der Waals surface area (Å²) in [6, 6.07) is 0. The van der Waals surface area contributed by atoms with E-state index in [0.717, 1.165) is 19.4 Å². The maximum atomic E-state index is 11.8. The highest BCUT2D eigenvalue weighted by molar-refractivity contribution is 5.77. The predicted molar refractivity (Wildman–Crippen MR) is 54.9 cm³/mol. The van der Waals surface area contributed by atoms with E-state index < -0.39 is 0 Å². The van der Waals surface area contributed by atoms with E-state index in [1.165, 1.54) is 0 Å². The molecule has 0 bridgehead atoms. The first kappa shape index (κ1) is 11.5. The van der Waals surface area contributed by atoms with Gasteiger partial charge in [-0.15, -0.1) is 0 Å². The molecule has 0 radical (unpaired) electrons. The molecule has 1 heterocycles. The van der Waals surface area contributed by atoms with Crippen molar-refractivity contribution in [2.24, 2.45) is 5.73 Å². The number of methoxy groups -OCH3 is 1. The van der Waals surface area contributed by atoms with Gasteiger partial charge in [0.05, 0.1) is 18.6 Å². The van der Waals surface area contributed by atoms with Crippen LogP contribution >= 0.6 is 0 Å². The minimum absolute atomic E-state index is 0.120. The number of rotatable bonds is 4. The molecule has 1 fully saturated rings. The van der Waals surface area contributed by atoms with Crippen molar-refractivity contribution in [2.45, 2.75) is 31.7 Å². The van der Waals surface area contributed by atoms with E-state index in [1.54, 1.807) is 7.11 Å². The van der Waals surface area contributed by atoms with Crippen molar-refractivity contribution in [3.05, 3.63) is 0 Å². The lowest BCUT2D eigenvalue weighted by Crippen LogP contribution is -2.50. The topological polar surface area (TPSA) is 55.6 Å². The zero-order chi connectivity index (χ0) is 10.6. The third kappa shape index (κ3) is 2.25. The molecule has 4 nitrogen and oxygen atoms in total. The first-order valence-electron chi connectivity index (χ1n) is 5.13. The highest BCUT2D eigenvalue weighted by atomic mass is 16.5. The van der Waals surface area contributed by atoms with E-state index in [0.29, 0.717) is 19.6 Å². The number of hydrogen-bond acceptors (Lipinski definition) is 3. The van der Waals surface area contributed by atoms with E-state index in [1.807, 2.05) is 4.90 Å². The zero-order valence-electron chi connectivity index (χ0n) is 9.08. The Bertz CT molecular complexity index is 208. The van der Waals surface area contributed by atoms with E-state index in [2.05, 4.69) is 6.92 Å². The van der Waals surface area contributed by atoms with E-state index in [9.17, 15) is 4.79 Å². The van der Waals surface area contributed by atoms with E-state index >= 15 is 0 Å². The third-order valence-corrected chi connectivity index (χ3v) is 3.01. The second-order valence-corrected chi connectivity index (χ2v) is 4.09. The first-order chi connectivity index (χ1) is 6.64. The number of carbonyl (C=O) groups is 1. The number of hydrogen-bond donors (Lipinski definition) is 1. The number of likely N-dealkylation sites (tertiary alicyclic amines) is 1. The number of nitrogens with zero attached hydrogens (tertiary/aromatic N) is 1. The molecule has 1 amide bonds. The van der Waals surface area contributed by atoms with Crippen molar-refractivity contribution >= 4 is 5.91 Å². The number of carbonyl (C=O) groups excluding carboxylic acids is 1. The zero-order valence-corrected chi connectivity index (χ0v) is 9.08. The average Bonchev–Trinajstić information content (AvgIpc) is 2.57. The van der Waals surface area contributed by atoms with Crippen LogP contribution in [-0.4, -0.2) is 43.2 Å². The van der Waals surface area contributed by atoms with Crippen molar-refractivity contribution in [1.29, 1.82) is 0 Å². The third-order valence-electron chi connectivity index (χ3n) is 3.01. The van der Waals surface area contributed by atoms with Gasteiger partial charge in [-0.2, -0.15) is 0 Å². The number of ether oxygens (including phenoxy) is 1. The molecular formula is C10H20N2O2. The second-order valence-electron chi connectivity index (χ2n) is 4.09. The standard InChI is InChI=1S/C10H20N2O2/c1-10(8-11)5-3-6-12(10)9(13)4-7-14-2/h3-8,11H2,1-2H3. The van der Waals surface area contributed by atoms with Gasteiger partial charge in [-0.1, -0.05) is 0 Å². The first-order valence-corrected chi connectivity index (χ1v) is 5.13. The summed E-state index contributed by atoms with van der Waals surface area (Å²) < 4.78 is 4.90. The van der Waals surface area contributed by atoms with Crippen molar-refractivity contribution in [2.75, 3.05) is 26.8 Å². The van der Waals surface area contributed by atoms with Crippen molar-refractivity contribution < 1.29 is 9.53 Å². The van der Waals surface area contributed by atoms with Crippen LogP contribution in [0.4, 0.5) is 0 Å². The molecule has 14 heavy (non-hydrogen) atoms. The van der Waals surface area contributed by atoms with Gasteiger partial charge in [0.2, 0.25) is 5.91 Å². The van der Waals surface area contributed by atoms with Gasteiger partial charge >= 0.3 is 0 Å². The minimum Gasteiger partial charge on any atom is -0.384 e. The molecule has 0 aromatic rings. The molecule has 1 saturated heterocycles. The summed E-state index contributed by atoms with van der Waals surface area (Å²) in [7, 11) is 1.61.